The Bertz CT molecular complexity index is 644. The molecule has 0 N–H and O–H groups in total. The zero-order chi connectivity index (χ0) is 37.7. The molecule has 0 aromatic carbocycles. The molecular formula is C50H100O2. The average Bonchev–Trinajstić information content (AvgIpc) is 3.15. The first-order valence-corrected chi connectivity index (χ1v) is 24.9. The van der Waals surface area contributed by atoms with Crippen LogP contribution in [0.5, 0.6) is 0 Å². The van der Waals surface area contributed by atoms with E-state index in [-0.39, 0.29) is 5.97 Å². The number of hydrogen-bond donors (Lipinski definition) is 0. The van der Waals surface area contributed by atoms with Crippen molar-refractivity contribution in [2.24, 2.45) is 5.92 Å². The summed E-state index contributed by atoms with van der Waals surface area (Å²) in [5.74, 6) is 0.640. The van der Waals surface area contributed by atoms with E-state index < -0.39 is 0 Å². The molecule has 1 atom stereocenters. The Balaban J connectivity index is 4.02. The van der Waals surface area contributed by atoms with Crippen LogP contribution in [-0.2, 0) is 9.53 Å². The van der Waals surface area contributed by atoms with Crippen molar-refractivity contribution >= 4 is 5.97 Å². The third kappa shape index (κ3) is 43.9. The van der Waals surface area contributed by atoms with Crippen molar-refractivity contribution in [1.29, 1.82) is 0 Å². The lowest BCUT2D eigenvalue weighted by Crippen LogP contribution is -2.14. The first-order chi connectivity index (χ1) is 25.7. The summed E-state index contributed by atoms with van der Waals surface area (Å²) in [5.41, 5.74) is 0. The Morgan fingerprint density at radius 2 is 0.519 bits per heavy atom. The molecule has 0 radical (unpaired) electrons. The van der Waals surface area contributed by atoms with Crippen molar-refractivity contribution in [2.45, 2.75) is 303 Å². The predicted octanol–water partition coefficient (Wildman–Crippen LogP) is 18.4. The van der Waals surface area contributed by atoms with E-state index in [2.05, 4.69) is 20.8 Å². The molecule has 2 heteroatoms. The third-order valence-electron chi connectivity index (χ3n) is 11.9. The molecule has 0 fully saturated rings. The highest BCUT2D eigenvalue weighted by molar-refractivity contribution is 5.69. The normalized spacial score (nSPS) is 12.1. The van der Waals surface area contributed by atoms with E-state index in [9.17, 15) is 4.79 Å². The summed E-state index contributed by atoms with van der Waals surface area (Å²) in [5, 5.41) is 0. The van der Waals surface area contributed by atoms with Crippen molar-refractivity contribution in [1.82, 2.24) is 0 Å². The molecular weight excluding hydrogens is 633 g/mol. The van der Waals surface area contributed by atoms with Gasteiger partial charge in [0, 0.05) is 6.42 Å². The minimum absolute atomic E-state index is 0.0651. The topological polar surface area (TPSA) is 26.3 Å². The Kier molecular flexibility index (Phi) is 46.1. The van der Waals surface area contributed by atoms with Crippen molar-refractivity contribution in [3.8, 4) is 0 Å². The Labute approximate surface area is 330 Å². The SMILES string of the molecule is CCCCCCCCCCCCCCCCCC(=O)OCC(CCCCCCCCCCCCCC)CCCCCCCCCCCCCCCC. The largest absolute Gasteiger partial charge is 0.465 e. The fourth-order valence-corrected chi connectivity index (χ4v) is 8.14. The number of carbonyl (C=O) groups excluding carboxylic acids is 1. The van der Waals surface area contributed by atoms with Gasteiger partial charge in [-0.05, 0) is 25.2 Å². The van der Waals surface area contributed by atoms with Crippen molar-refractivity contribution < 1.29 is 9.53 Å². The molecule has 0 aromatic rings. The molecule has 0 rings (SSSR count). The van der Waals surface area contributed by atoms with Gasteiger partial charge in [0.2, 0.25) is 0 Å². The van der Waals surface area contributed by atoms with Crippen molar-refractivity contribution in [2.75, 3.05) is 6.61 Å². The Morgan fingerprint density at radius 3 is 0.769 bits per heavy atom. The van der Waals surface area contributed by atoms with Gasteiger partial charge in [-0.1, -0.05) is 278 Å². The lowest BCUT2D eigenvalue weighted by atomic mass is 9.94. The molecule has 52 heavy (non-hydrogen) atoms. The molecule has 0 spiro atoms. The number of unbranched alkanes of at least 4 members (excludes halogenated alkanes) is 38. The number of rotatable bonds is 46. The molecule has 1 unspecified atom stereocenters. The van der Waals surface area contributed by atoms with E-state index in [4.69, 9.17) is 4.74 Å². The average molecular weight is 733 g/mol. The predicted molar refractivity (Wildman–Crippen MR) is 235 cm³/mol. The van der Waals surface area contributed by atoms with Crippen LogP contribution in [0, 0.1) is 5.92 Å². The van der Waals surface area contributed by atoms with Gasteiger partial charge >= 0.3 is 5.97 Å². The monoisotopic (exact) mass is 733 g/mol. The molecule has 0 aliphatic carbocycles. The molecule has 0 saturated carbocycles. The summed E-state index contributed by atoms with van der Waals surface area (Å²) in [4.78, 5) is 12.6. The second-order valence-electron chi connectivity index (χ2n) is 17.3. The van der Waals surface area contributed by atoms with Crippen LogP contribution in [0.4, 0.5) is 0 Å². The van der Waals surface area contributed by atoms with Crippen LogP contribution in [0.3, 0.4) is 0 Å². The van der Waals surface area contributed by atoms with Gasteiger partial charge in [-0.3, -0.25) is 4.79 Å². The van der Waals surface area contributed by atoms with Crippen LogP contribution >= 0.6 is 0 Å². The zero-order valence-electron chi connectivity index (χ0n) is 36.7. The van der Waals surface area contributed by atoms with Crippen LogP contribution in [0.25, 0.3) is 0 Å². The van der Waals surface area contributed by atoms with Gasteiger partial charge in [-0.15, -0.1) is 0 Å². The molecule has 0 amide bonds. The van der Waals surface area contributed by atoms with Crippen molar-refractivity contribution in [3.63, 3.8) is 0 Å². The Hall–Kier alpha value is -0.530. The van der Waals surface area contributed by atoms with Gasteiger partial charge in [0.1, 0.15) is 0 Å². The number of ether oxygens (including phenoxy) is 1. The summed E-state index contributed by atoms with van der Waals surface area (Å²) < 4.78 is 5.91. The minimum atomic E-state index is 0.0651. The van der Waals surface area contributed by atoms with Gasteiger partial charge in [0.05, 0.1) is 6.61 Å². The fourth-order valence-electron chi connectivity index (χ4n) is 8.14. The fraction of sp³-hybridized carbons (Fsp3) is 0.980. The minimum Gasteiger partial charge on any atom is -0.465 e. The summed E-state index contributed by atoms with van der Waals surface area (Å²) in [6.07, 6.45) is 60.2. The first-order valence-electron chi connectivity index (χ1n) is 24.9. The summed E-state index contributed by atoms with van der Waals surface area (Å²) in [7, 11) is 0. The van der Waals surface area contributed by atoms with Gasteiger partial charge in [0.15, 0.2) is 0 Å². The van der Waals surface area contributed by atoms with Gasteiger partial charge < -0.3 is 4.74 Å². The molecule has 0 aliphatic heterocycles. The van der Waals surface area contributed by atoms with Crippen LogP contribution in [-0.4, -0.2) is 12.6 Å². The van der Waals surface area contributed by atoms with E-state index in [1.54, 1.807) is 0 Å². The summed E-state index contributed by atoms with van der Waals surface area (Å²) in [6.45, 7) is 7.58. The number of esters is 1. The van der Waals surface area contributed by atoms with E-state index in [1.807, 2.05) is 0 Å². The van der Waals surface area contributed by atoms with E-state index in [1.165, 1.54) is 270 Å². The van der Waals surface area contributed by atoms with E-state index in [0.717, 1.165) is 6.42 Å². The van der Waals surface area contributed by atoms with Gasteiger partial charge in [-0.2, -0.15) is 0 Å². The first kappa shape index (κ1) is 51.5. The molecule has 2 nitrogen and oxygen atoms in total. The van der Waals surface area contributed by atoms with Gasteiger partial charge in [-0.25, -0.2) is 0 Å². The lowest BCUT2D eigenvalue weighted by Gasteiger charge is -2.17. The highest BCUT2D eigenvalue weighted by Crippen LogP contribution is 2.22. The van der Waals surface area contributed by atoms with Crippen LogP contribution < -0.4 is 0 Å². The quantitative estimate of drug-likeness (QED) is 0.0460. The molecule has 0 aromatic heterocycles. The molecule has 0 aliphatic rings. The second-order valence-corrected chi connectivity index (χ2v) is 17.3. The number of hydrogen-bond acceptors (Lipinski definition) is 2. The van der Waals surface area contributed by atoms with E-state index in [0.29, 0.717) is 18.9 Å². The summed E-state index contributed by atoms with van der Waals surface area (Å²) >= 11 is 0. The summed E-state index contributed by atoms with van der Waals surface area (Å²) in [6, 6.07) is 0. The molecule has 0 saturated heterocycles. The van der Waals surface area contributed by atoms with Crippen molar-refractivity contribution in [3.05, 3.63) is 0 Å². The third-order valence-corrected chi connectivity index (χ3v) is 11.9. The van der Waals surface area contributed by atoms with Crippen LogP contribution in [0.15, 0.2) is 0 Å². The maximum Gasteiger partial charge on any atom is 0.305 e. The highest BCUT2D eigenvalue weighted by atomic mass is 16.5. The van der Waals surface area contributed by atoms with Crippen LogP contribution in [0.1, 0.15) is 303 Å². The molecule has 312 valence electrons. The number of carbonyl (C=O) groups is 1. The molecule has 0 bridgehead atoms. The van der Waals surface area contributed by atoms with E-state index >= 15 is 0 Å². The zero-order valence-corrected chi connectivity index (χ0v) is 36.7. The second kappa shape index (κ2) is 46.6. The van der Waals surface area contributed by atoms with Crippen LogP contribution in [0.2, 0.25) is 0 Å². The maximum absolute atomic E-state index is 12.6. The lowest BCUT2D eigenvalue weighted by molar-refractivity contribution is -0.145. The highest BCUT2D eigenvalue weighted by Gasteiger charge is 2.12. The maximum atomic E-state index is 12.6. The molecule has 0 heterocycles. The standard InChI is InChI=1S/C50H100O2/c1-4-7-10-13-16-19-22-25-27-29-32-35-38-41-44-47-50(51)52-48-49(45-42-39-36-33-30-24-21-18-15-12-9-6-3)46-43-40-37-34-31-28-26-23-20-17-14-11-8-5-2/h49H,4-48H2,1-3H3. The Morgan fingerprint density at radius 1 is 0.308 bits per heavy atom. The smallest absolute Gasteiger partial charge is 0.305 e. The van der Waals surface area contributed by atoms with Gasteiger partial charge in [0.25, 0.3) is 0 Å².